The summed E-state index contributed by atoms with van der Waals surface area (Å²) in [6, 6.07) is 13.4. The van der Waals surface area contributed by atoms with Gasteiger partial charge in [-0.25, -0.2) is 9.18 Å². The molecule has 2 aromatic carbocycles. The number of nitrogens with one attached hydrogen (secondary N) is 2. The molecule has 27 heavy (non-hydrogen) atoms. The van der Waals surface area contributed by atoms with Crippen molar-refractivity contribution in [1.82, 2.24) is 15.5 Å². The Morgan fingerprint density at radius 3 is 2.30 bits per heavy atom. The van der Waals surface area contributed by atoms with Crippen LogP contribution >= 0.6 is 0 Å². The van der Waals surface area contributed by atoms with Crippen molar-refractivity contribution in [2.45, 2.75) is 32.4 Å². The highest BCUT2D eigenvalue weighted by Crippen LogP contribution is 2.14. The number of carbonyl (C=O) groups is 2. The summed E-state index contributed by atoms with van der Waals surface area (Å²) in [5.41, 5.74) is 2.66. The third-order valence-electron chi connectivity index (χ3n) is 4.78. The molecular weight excluding hydrogens is 345 g/mol. The second-order valence-electron chi connectivity index (χ2n) is 6.89. The lowest BCUT2D eigenvalue weighted by molar-refractivity contribution is 0.0708. The van der Waals surface area contributed by atoms with Gasteiger partial charge in [-0.05, 0) is 49.6 Å². The van der Waals surface area contributed by atoms with Crippen LogP contribution in [-0.4, -0.2) is 36.0 Å². The molecule has 0 aromatic heterocycles. The highest BCUT2D eigenvalue weighted by atomic mass is 19.1. The number of urea groups is 1. The van der Waals surface area contributed by atoms with E-state index in [1.165, 1.54) is 12.1 Å². The minimum atomic E-state index is -0.296. The second kappa shape index (κ2) is 8.66. The average molecular weight is 369 g/mol. The highest BCUT2D eigenvalue weighted by molar-refractivity contribution is 5.94. The van der Waals surface area contributed by atoms with Crippen LogP contribution in [0.4, 0.5) is 9.18 Å². The molecule has 0 unspecified atom stereocenters. The molecule has 1 aliphatic heterocycles. The third kappa shape index (κ3) is 5.29. The third-order valence-corrected chi connectivity index (χ3v) is 4.78. The second-order valence-corrected chi connectivity index (χ2v) is 6.89. The first-order chi connectivity index (χ1) is 13.0. The van der Waals surface area contributed by atoms with Crippen LogP contribution in [0.25, 0.3) is 0 Å². The molecule has 1 saturated heterocycles. The van der Waals surface area contributed by atoms with E-state index in [-0.39, 0.29) is 23.8 Å². The molecule has 5 nitrogen and oxygen atoms in total. The van der Waals surface area contributed by atoms with Gasteiger partial charge in [0.1, 0.15) is 5.82 Å². The molecule has 6 heteroatoms. The zero-order valence-electron chi connectivity index (χ0n) is 15.4. The monoisotopic (exact) mass is 369 g/mol. The van der Waals surface area contributed by atoms with Crippen molar-refractivity contribution in [3.05, 3.63) is 71.0 Å². The summed E-state index contributed by atoms with van der Waals surface area (Å²) in [6.45, 7) is 3.58. The molecule has 1 fully saturated rings. The summed E-state index contributed by atoms with van der Waals surface area (Å²) in [5.74, 6) is -0.260. The van der Waals surface area contributed by atoms with Crippen molar-refractivity contribution in [3.8, 4) is 0 Å². The van der Waals surface area contributed by atoms with Crippen molar-refractivity contribution in [1.29, 1.82) is 0 Å². The average Bonchev–Trinajstić information content (AvgIpc) is 2.68. The van der Waals surface area contributed by atoms with Gasteiger partial charge in [0.2, 0.25) is 0 Å². The topological polar surface area (TPSA) is 61.4 Å². The first-order valence-corrected chi connectivity index (χ1v) is 9.16. The molecule has 1 heterocycles. The lowest BCUT2D eigenvalue weighted by Crippen LogP contribution is -2.49. The maximum Gasteiger partial charge on any atom is 0.315 e. The summed E-state index contributed by atoms with van der Waals surface area (Å²) in [7, 11) is 0. The van der Waals surface area contributed by atoms with Gasteiger partial charge in [-0.15, -0.1) is 0 Å². The number of hydrogen-bond donors (Lipinski definition) is 2. The Balaban J connectivity index is 1.42. The fourth-order valence-electron chi connectivity index (χ4n) is 3.13. The number of piperidine rings is 1. The minimum Gasteiger partial charge on any atom is -0.338 e. The standard InChI is InChI=1S/C21H24FN3O2/c1-15-2-6-17(7-3-15)20(26)25-12-10-19(11-13-25)24-21(27)23-14-16-4-8-18(22)9-5-16/h2-9,19H,10-14H2,1H3,(H2,23,24,27). The van der Waals surface area contributed by atoms with Crippen molar-refractivity contribution >= 4 is 11.9 Å². The Hall–Kier alpha value is -2.89. The fourth-order valence-corrected chi connectivity index (χ4v) is 3.13. The number of halogens is 1. The van der Waals surface area contributed by atoms with Gasteiger partial charge in [-0.1, -0.05) is 29.8 Å². The summed E-state index contributed by atoms with van der Waals surface area (Å²) < 4.78 is 12.9. The van der Waals surface area contributed by atoms with Crippen LogP contribution < -0.4 is 10.6 Å². The minimum absolute atomic E-state index is 0.0363. The maximum atomic E-state index is 12.9. The molecule has 0 radical (unpaired) electrons. The highest BCUT2D eigenvalue weighted by Gasteiger charge is 2.24. The molecule has 0 atom stereocenters. The molecule has 142 valence electrons. The molecule has 0 aliphatic carbocycles. The Morgan fingerprint density at radius 1 is 1.04 bits per heavy atom. The van der Waals surface area contributed by atoms with Gasteiger partial charge in [0.05, 0.1) is 0 Å². The number of aryl methyl sites for hydroxylation is 1. The lowest BCUT2D eigenvalue weighted by atomic mass is 10.0. The molecule has 3 amide bonds. The van der Waals surface area contributed by atoms with E-state index in [0.717, 1.165) is 24.0 Å². The van der Waals surface area contributed by atoms with E-state index in [1.807, 2.05) is 36.1 Å². The van der Waals surface area contributed by atoms with E-state index in [0.29, 0.717) is 25.2 Å². The van der Waals surface area contributed by atoms with Crippen LogP contribution in [0.2, 0.25) is 0 Å². The molecule has 2 N–H and O–H groups in total. The maximum absolute atomic E-state index is 12.9. The van der Waals surface area contributed by atoms with E-state index in [4.69, 9.17) is 0 Å². The first-order valence-electron chi connectivity index (χ1n) is 9.16. The number of benzene rings is 2. The Labute approximate surface area is 158 Å². The fraction of sp³-hybridized carbons (Fsp3) is 0.333. The summed E-state index contributed by atoms with van der Waals surface area (Å²) >= 11 is 0. The smallest absolute Gasteiger partial charge is 0.315 e. The molecule has 0 spiro atoms. The van der Waals surface area contributed by atoms with Gasteiger partial charge in [0.15, 0.2) is 0 Å². The van der Waals surface area contributed by atoms with Gasteiger partial charge >= 0.3 is 6.03 Å². The summed E-state index contributed by atoms with van der Waals surface area (Å²) in [6.07, 6.45) is 1.45. The summed E-state index contributed by atoms with van der Waals surface area (Å²) in [4.78, 5) is 26.4. The van der Waals surface area contributed by atoms with Gasteiger partial charge in [0.25, 0.3) is 5.91 Å². The van der Waals surface area contributed by atoms with Crippen LogP contribution in [0.1, 0.15) is 34.3 Å². The first kappa shape index (κ1) is 18.9. The number of likely N-dealkylation sites (tertiary alicyclic amines) is 1. The van der Waals surface area contributed by atoms with Crippen molar-refractivity contribution in [2.24, 2.45) is 0 Å². The molecular formula is C21H24FN3O2. The van der Waals surface area contributed by atoms with Crippen molar-refractivity contribution < 1.29 is 14.0 Å². The SMILES string of the molecule is Cc1ccc(C(=O)N2CCC(NC(=O)NCc3ccc(F)cc3)CC2)cc1. The number of hydrogen-bond acceptors (Lipinski definition) is 2. The van der Waals surface area contributed by atoms with Crippen LogP contribution in [-0.2, 0) is 6.54 Å². The molecule has 1 aliphatic rings. The van der Waals surface area contributed by atoms with Gasteiger partial charge in [-0.2, -0.15) is 0 Å². The Morgan fingerprint density at radius 2 is 1.67 bits per heavy atom. The number of carbonyl (C=O) groups excluding carboxylic acids is 2. The van der Waals surface area contributed by atoms with Gasteiger partial charge < -0.3 is 15.5 Å². The van der Waals surface area contributed by atoms with Crippen molar-refractivity contribution in [2.75, 3.05) is 13.1 Å². The predicted octanol–water partition coefficient (Wildman–Crippen LogP) is 3.24. The largest absolute Gasteiger partial charge is 0.338 e. The summed E-state index contributed by atoms with van der Waals surface area (Å²) in [5, 5.41) is 5.72. The van der Waals surface area contributed by atoms with Crippen molar-refractivity contribution in [3.63, 3.8) is 0 Å². The van der Waals surface area contributed by atoms with E-state index < -0.39 is 0 Å². The van der Waals surface area contributed by atoms with Gasteiger partial charge in [-0.3, -0.25) is 4.79 Å². The van der Waals surface area contributed by atoms with Gasteiger partial charge in [0, 0.05) is 31.2 Å². The van der Waals surface area contributed by atoms with Crippen LogP contribution in [0, 0.1) is 12.7 Å². The molecule has 2 aromatic rings. The van der Waals surface area contributed by atoms with E-state index in [1.54, 1.807) is 12.1 Å². The quantitative estimate of drug-likeness (QED) is 0.869. The lowest BCUT2D eigenvalue weighted by Gasteiger charge is -2.32. The predicted molar refractivity (Wildman–Crippen MR) is 102 cm³/mol. The number of rotatable bonds is 4. The molecule has 0 saturated carbocycles. The molecule has 3 rings (SSSR count). The zero-order chi connectivity index (χ0) is 19.2. The van der Waals surface area contributed by atoms with E-state index in [2.05, 4.69) is 10.6 Å². The van der Waals surface area contributed by atoms with E-state index in [9.17, 15) is 14.0 Å². The van der Waals surface area contributed by atoms with Crippen LogP contribution in [0.15, 0.2) is 48.5 Å². The molecule has 0 bridgehead atoms. The van der Waals surface area contributed by atoms with Crippen LogP contribution in [0.5, 0.6) is 0 Å². The normalized spacial score (nSPS) is 14.7. The van der Waals surface area contributed by atoms with E-state index >= 15 is 0 Å². The number of amides is 3. The zero-order valence-corrected chi connectivity index (χ0v) is 15.4. The van der Waals surface area contributed by atoms with Crippen LogP contribution in [0.3, 0.4) is 0 Å². The number of nitrogens with zero attached hydrogens (tertiary/aromatic N) is 1. The Kier molecular flexibility index (Phi) is 6.06. The Bertz CT molecular complexity index is 782.